The molecule has 1 N–H and O–H groups in total. The lowest BCUT2D eigenvalue weighted by Gasteiger charge is -2.34. The van der Waals surface area contributed by atoms with Crippen molar-refractivity contribution in [3.8, 4) is 0 Å². The number of carboxylic acid groups (broad SMARTS) is 1. The van der Waals surface area contributed by atoms with Crippen molar-refractivity contribution in [3.05, 3.63) is 88.5 Å². The van der Waals surface area contributed by atoms with Crippen molar-refractivity contribution < 1.29 is 23.1 Å². The first-order valence-electron chi connectivity index (χ1n) is 11.5. The first-order valence-corrected chi connectivity index (χ1v) is 11.5. The van der Waals surface area contributed by atoms with Gasteiger partial charge in [0.25, 0.3) is 0 Å². The second-order valence-corrected chi connectivity index (χ2v) is 8.79. The predicted octanol–water partition coefficient (Wildman–Crippen LogP) is 4.32. The second kappa shape index (κ2) is 10.4. The molecule has 1 saturated heterocycles. The summed E-state index contributed by atoms with van der Waals surface area (Å²) < 4.78 is 40.9. The third-order valence-corrected chi connectivity index (χ3v) is 6.19. The van der Waals surface area contributed by atoms with E-state index in [0.29, 0.717) is 17.8 Å². The summed E-state index contributed by atoms with van der Waals surface area (Å²) in [6.45, 7) is 3.80. The molecule has 0 aliphatic carbocycles. The average molecular weight is 485 g/mol. The Bertz CT molecular complexity index is 1190. The van der Waals surface area contributed by atoms with Crippen molar-refractivity contribution in [1.82, 2.24) is 14.9 Å². The van der Waals surface area contributed by atoms with E-state index in [-0.39, 0.29) is 24.1 Å². The number of anilines is 1. The van der Waals surface area contributed by atoms with Gasteiger partial charge in [-0.05, 0) is 55.3 Å². The number of piperazine rings is 1. The van der Waals surface area contributed by atoms with Crippen LogP contribution in [0.4, 0.5) is 18.9 Å². The molecule has 9 heteroatoms. The third-order valence-electron chi connectivity index (χ3n) is 6.19. The van der Waals surface area contributed by atoms with Gasteiger partial charge in [0, 0.05) is 44.5 Å². The Hall–Kier alpha value is -3.46. The molecular formula is C26H27F3N4O2. The maximum atomic E-state index is 13.6. The van der Waals surface area contributed by atoms with Gasteiger partial charge in [0.05, 0.1) is 16.8 Å². The normalized spacial score (nSPS) is 14.8. The Morgan fingerprint density at radius 3 is 2.43 bits per heavy atom. The summed E-state index contributed by atoms with van der Waals surface area (Å²) >= 11 is 0. The molecule has 35 heavy (non-hydrogen) atoms. The van der Waals surface area contributed by atoms with Gasteiger partial charge >= 0.3 is 12.1 Å². The summed E-state index contributed by atoms with van der Waals surface area (Å²) in [6, 6.07) is 14.2. The van der Waals surface area contributed by atoms with Gasteiger partial charge in [0.15, 0.2) is 0 Å². The van der Waals surface area contributed by atoms with Crippen LogP contribution in [0, 0.1) is 0 Å². The zero-order valence-corrected chi connectivity index (χ0v) is 19.4. The fourth-order valence-corrected chi connectivity index (χ4v) is 4.20. The molecule has 1 fully saturated rings. The zero-order chi connectivity index (χ0) is 25.0. The van der Waals surface area contributed by atoms with Crippen LogP contribution in [0.3, 0.4) is 0 Å². The van der Waals surface area contributed by atoms with Crippen molar-refractivity contribution >= 4 is 11.7 Å². The van der Waals surface area contributed by atoms with E-state index in [4.69, 9.17) is 5.11 Å². The van der Waals surface area contributed by atoms with E-state index in [2.05, 4.69) is 26.8 Å². The van der Waals surface area contributed by atoms with E-state index in [1.54, 1.807) is 12.1 Å². The third kappa shape index (κ3) is 6.36. The molecule has 2 heterocycles. The molecule has 0 radical (unpaired) electrons. The molecule has 0 saturated carbocycles. The number of hydrogen-bond donors (Lipinski definition) is 1. The van der Waals surface area contributed by atoms with Crippen molar-refractivity contribution in [2.75, 3.05) is 38.1 Å². The van der Waals surface area contributed by atoms with E-state index in [0.717, 1.165) is 43.6 Å². The summed E-state index contributed by atoms with van der Waals surface area (Å²) in [5.74, 6) is -0.756. The summed E-state index contributed by atoms with van der Waals surface area (Å²) in [5, 5.41) is 9.16. The minimum Gasteiger partial charge on any atom is -0.478 e. The van der Waals surface area contributed by atoms with Crippen LogP contribution in [0.1, 0.15) is 38.6 Å². The summed E-state index contributed by atoms with van der Waals surface area (Å²) in [7, 11) is 2.09. The van der Waals surface area contributed by atoms with Crippen molar-refractivity contribution in [3.63, 3.8) is 0 Å². The number of hydrogen-bond acceptors (Lipinski definition) is 5. The minimum atomic E-state index is -4.57. The van der Waals surface area contributed by atoms with Crippen LogP contribution in [0.25, 0.3) is 0 Å². The highest BCUT2D eigenvalue weighted by molar-refractivity contribution is 5.87. The van der Waals surface area contributed by atoms with Gasteiger partial charge in [-0.15, -0.1) is 0 Å². The van der Waals surface area contributed by atoms with Crippen LogP contribution >= 0.6 is 0 Å². The van der Waals surface area contributed by atoms with Gasteiger partial charge in [-0.1, -0.05) is 24.3 Å². The maximum absolute atomic E-state index is 13.6. The molecule has 3 aromatic rings. The zero-order valence-electron chi connectivity index (χ0n) is 19.4. The van der Waals surface area contributed by atoms with Crippen LogP contribution in [0.5, 0.6) is 0 Å². The van der Waals surface area contributed by atoms with E-state index >= 15 is 0 Å². The summed E-state index contributed by atoms with van der Waals surface area (Å²) in [4.78, 5) is 24.1. The number of aromatic carboxylic acids is 1. The molecule has 0 atom stereocenters. The molecule has 184 valence electrons. The number of halogens is 3. The molecule has 1 aromatic heterocycles. The molecule has 1 aliphatic heterocycles. The van der Waals surface area contributed by atoms with Crippen molar-refractivity contribution in [2.24, 2.45) is 0 Å². The van der Waals surface area contributed by atoms with Gasteiger partial charge in [-0.2, -0.15) is 13.2 Å². The molecule has 6 nitrogen and oxygen atoms in total. The highest BCUT2D eigenvalue weighted by Gasteiger charge is 2.34. The molecule has 0 spiro atoms. The number of carbonyl (C=O) groups is 1. The number of benzene rings is 2. The summed E-state index contributed by atoms with van der Waals surface area (Å²) in [6.07, 6.45) is -3.14. The molecule has 0 unspecified atom stereocenters. The quantitative estimate of drug-likeness (QED) is 0.539. The van der Waals surface area contributed by atoms with E-state index < -0.39 is 17.7 Å². The molecule has 0 bridgehead atoms. The van der Waals surface area contributed by atoms with Crippen LogP contribution in [0.15, 0.2) is 54.7 Å². The van der Waals surface area contributed by atoms with Crippen LogP contribution in [-0.4, -0.2) is 59.2 Å². The topological polar surface area (TPSA) is 69.6 Å². The predicted molar refractivity (Wildman–Crippen MR) is 127 cm³/mol. The van der Waals surface area contributed by atoms with Crippen LogP contribution < -0.4 is 4.90 Å². The molecule has 2 aromatic carbocycles. The average Bonchev–Trinajstić information content (AvgIpc) is 2.83. The van der Waals surface area contributed by atoms with Gasteiger partial charge in [-0.25, -0.2) is 14.8 Å². The molecule has 0 amide bonds. The lowest BCUT2D eigenvalue weighted by atomic mass is 10.0. The second-order valence-electron chi connectivity index (χ2n) is 8.79. The largest absolute Gasteiger partial charge is 0.478 e. The van der Waals surface area contributed by atoms with Crippen molar-refractivity contribution in [1.29, 1.82) is 0 Å². The smallest absolute Gasteiger partial charge is 0.419 e. The summed E-state index contributed by atoms with van der Waals surface area (Å²) in [5.41, 5.74) is 1.81. The Balaban J connectivity index is 1.53. The molecule has 4 rings (SSSR count). The number of carboxylic acids is 1. The number of alkyl halides is 3. The van der Waals surface area contributed by atoms with E-state index in [1.807, 2.05) is 24.3 Å². The van der Waals surface area contributed by atoms with Gasteiger partial charge in [0.1, 0.15) is 5.82 Å². The monoisotopic (exact) mass is 484 g/mol. The lowest BCUT2D eigenvalue weighted by Crippen LogP contribution is -2.44. The number of rotatable bonds is 7. The Morgan fingerprint density at radius 2 is 1.71 bits per heavy atom. The highest BCUT2D eigenvalue weighted by Crippen LogP contribution is 2.31. The Morgan fingerprint density at radius 1 is 1.00 bits per heavy atom. The SMILES string of the molecule is CN1CCN(c2cccc(Cc3ncc(C(F)(F)F)c(CCc4cccc(C(=O)O)c4)n3)c2)CC1. The van der Waals surface area contributed by atoms with E-state index in [9.17, 15) is 18.0 Å². The number of aryl methyl sites for hydroxylation is 2. The van der Waals surface area contributed by atoms with E-state index in [1.165, 1.54) is 12.1 Å². The Kier molecular flexibility index (Phi) is 7.35. The maximum Gasteiger partial charge on any atom is 0.419 e. The first-order chi connectivity index (χ1) is 16.7. The fraction of sp³-hybridized carbons (Fsp3) is 0.346. The molecule has 1 aliphatic rings. The Labute approximate surface area is 202 Å². The fourth-order valence-electron chi connectivity index (χ4n) is 4.20. The number of aromatic nitrogens is 2. The van der Waals surface area contributed by atoms with Crippen LogP contribution in [0.2, 0.25) is 0 Å². The minimum absolute atomic E-state index is 0.0226. The standard InChI is InChI=1S/C26H27F3N4O2/c1-32-10-12-33(13-11-32)21-7-3-5-19(15-21)16-24-30-17-22(26(27,28)29)23(31-24)9-8-18-4-2-6-20(14-18)25(34)35/h2-7,14-15,17H,8-13,16H2,1H3,(H,34,35). The lowest BCUT2D eigenvalue weighted by molar-refractivity contribution is -0.138. The van der Waals surface area contributed by atoms with Crippen molar-refractivity contribution in [2.45, 2.75) is 25.4 Å². The number of nitrogens with zero attached hydrogens (tertiary/aromatic N) is 4. The van der Waals surface area contributed by atoms with Gasteiger partial charge in [0.2, 0.25) is 0 Å². The van der Waals surface area contributed by atoms with Gasteiger partial charge < -0.3 is 14.9 Å². The van der Waals surface area contributed by atoms with Gasteiger partial charge in [-0.3, -0.25) is 0 Å². The molecular weight excluding hydrogens is 457 g/mol. The van der Waals surface area contributed by atoms with Crippen LogP contribution in [-0.2, 0) is 25.4 Å². The first kappa shape index (κ1) is 24.7. The number of likely N-dealkylation sites (N-methyl/N-ethyl adjacent to an activating group) is 1. The highest BCUT2D eigenvalue weighted by atomic mass is 19.4.